The van der Waals surface area contributed by atoms with Crippen LogP contribution in [0.4, 0.5) is 0 Å². The fourth-order valence-corrected chi connectivity index (χ4v) is 1.32. The standard InChI is InChI=1S/C11H24N2O2/c1-6-15-10(14)9(2)13(5)8-11(3,4)7-12/h9H,6-8,12H2,1-5H3. The molecule has 0 fully saturated rings. The van der Waals surface area contributed by atoms with Gasteiger partial charge in [-0.3, -0.25) is 9.69 Å². The Kier molecular flexibility index (Phi) is 5.83. The van der Waals surface area contributed by atoms with Crippen LogP contribution in [0.25, 0.3) is 0 Å². The highest BCUT2D eigenvalue weighted by Gasteiger charge is 2.25. The molecule has 4 nitrogen and oxygen atoms in total. The van der Waals surface area contributed by atoms with Crippen LogP contribution in [-0.4, -0.2) is 43.7 Å². The van der Waals surface area contributed by atoms with Gasteiger partial charge in [0, 0.05) is 6.54 Å². The van der Waals surface area contributed by atoms with E-state index < -0.39 is 0 Å². The van der Waals surface area contributed by atoms with E-state index in [1.54, 1.807) is 0 Å². The first-order valence-electron chi connectivity index (χ1n) is 5.41. The van der Waals surface area contributed by atoms with Crippen molar-refractivity contribution in [2.45, 2.75) is 33.7 Å². The van der Waals surface area contributed by atoms with Crippen LogP contribution >= 0.6 is 0 Å². The molecule has 0 amide bonds. The van der Waals surface area contributed by atoms with Crippen molar-refractivity contribution >= 4 is 5.97 Å². The molecule has 0 saturated carbocycles. The zero-order valence-corrected chi connectivity index (χ0v) is 10.5. The summed E-state index contributed by atoms with van der Waals surface area (Å²) in [6.45, 7) is 9.65. The lowest BCUT2D eigenvalue weighted by atomic mass is 9.93. The molecule has 1 unspecified atom stereocenters. The molecule has 0 aromatic heterocycles. The minimum Gasteiger partial charge on any atom is -0.465 e. The van der Waals surface area contributed by atoms with E-state index in [2.05, 4.69) is 13.8 Å². The van der Waals surface area contributed by atoms with Crippen LogP contribution in [0.15, 0.2) is 0 Å². The third kappa shape index (κ3) is 5.14. The number of ether oxygens (including phenoxy) is 1. The third-order valence-electron chi connectivity index (χ3n) is 2.52. The Hall–Kier alpha value is -0.610. The number of rotatable bonds is 6. The van der Waals surface area contributed by atoms with Gasteiger partial charge in [-0.05, 0) is 32.9 Å². The monoisotopic (exact) mass is 216 g/mol. The number of carbonyl (C=O) groups excluding carboxylic acids is 1. The molecule has 0 aliphatic heterocycles. The Morgan fingerprint density at radius 3 is 2.47 bits per heavy atom. The van der Waals surface area contributed by atoms with E-state index in [9.17, 15) is 4.79 Å². The van der Waals surface area contributed by atoms with Crippen molar-refractivity contribution in [2.75, 3.05) is 26.7 Å². The van der Waals surface area contributed by atoms with Crippen molar-refractivity contribution in [2.24, 2.45) is 11.1 Å². The number of nitrogens with zero attached hydrogens (tertiary/aromatic N) is 1. The van der Waals surface area contributed by atoms with Gasteiger partial charge in [0.1, 0.15) is 6.04 Å². The van der Waals surface area contributed by atoms with Crippen molar-refractivity contribution < 1.29 is 9.53 Å². The Balaban J connectivity index is 4.20. The summed E-state index contributed by atoms with van der Waals surface area (Å²) >= 11 is 0. The molecule has 0 aromatic rings. The molecule has 0 bridgehead atoms. The van der Waals surface area contributed by atoms with E-state index in [0.29, 0.717) is 13.2 Å². The lowest BCUT2D eigenvalue weighted by Crippen LogP contribution is -2.44. The summed E-state index contributed by atoms with van der Waals surface area (Å²) in [4.78, 5) is 13.4. The zero-order chi connectivity index (χ0) is 12.1. The quantitative estimate of drug-likeness (QED) is 0.669. The maximum Gasteiger partial charge on any atom is 0.323 e. The van der Waals surface area contributed by atoms with Crippen LogP contribution in [-0.2, 0) is 9.53 Å². The van der Waals surface area contributed by atoms with Gasteiger partial charge in [0.15, 0.2) is 0 Å². The van der Waals surface area contributed by atoms with Crippen molar-refractivity contribution in [3.63, 3.8) is 0 Å². The van der Waals surface area contributed by atoms with E-state index >= 15 is 0 Å². The molecule has 0 radical (unpaired) electrons. The van der Waals surface area contributed by atoms with Gasteiger partial charge in [-0.2, -0.15) is 0 Å². The van der Waals surface area contributed by atoms with Gasteiger partial charge in [-0.1, -0.05) is 13.8 Å². The van der Waals surface area contributed by atoms with Crippen LogP contribution < -0.4 is 5.73 Å². The molecular weight excluding hydrogens is 192 g/mol. The Bertz CT molecular complexity index is 205. The number of hydrogen-bond acceptors (Lipinski definition) is 4. The fraction of sp³-hybridized carbons (Fsp3) is 0.909. The average Bonchev–Trinajstić information content (AvgIpc) is 2.16. The largest absolute Gasteiger partial charge is 0.465 e. The summed E-state index contributed by atoms with van der Waals surface area (Å²) in [5, 5.41) is 0. The summed E-state index contributed by atoms with van der Waals surface area (Å²) in [5.74, 6) is -0.173. The maximum atomic E-state index is 11.5. The Morgan fingerprint density at radius 1 is 1.53 bits per heavy atom. The molecule has 0 aliphatic carbocycles. The lowest BCUT2D eigenvalue weighted by molar-refractivity contribution is -0.148. The van der Waals surface area contributed by atoms with Gasteiger partial charge in [0.25, 0.3) is 0 Å². The summed E-state index contributed by atoms with van der Waals surface area (Å²) in [6, 6.07) is -0.212. The fourth-order valence-electron chi connectivity index (χ4n) is 1.32. The molecule has 0 heterocycles. The second-order valence-corrected chi connectivity index (χ2v) is 4.71. The zero-order valence-electron chi connectivity index (χ0n) is 10.5. The van der Waals surface area contributed by atoms with Gasteiger partial charge < -0.3 is 10.5 Å². The normalized spacial score (nSPS) is 14.1. The van der Waals surface area contributed by atoms with E-state index in [4.69, 9.17) is 10.5 Å². The number of hydrogen-bond donors (Lipinski definition) is 1. The van der Waals surface area contributed by atoms with E-state index in [1.807, 2.05) is 25.8 Å². The van der Waals surface area contributed by atoms with Crippen LogP contribution in [0.3, 0.4) is 0 Å². The van der Waals surface area contributed by atoms with Crippen LogP contribution in [0.2, 0.25) is 0 Å². The predicted octanol–water partition coefficient (Wildman–Crippen LogP) is 0.855. The van der Waals surface area contributed by atoms with Gasteiger partial charge in [-0.25, -0.2) is 0 Å². The molecule has 0 saturated heterocycles. The molecule has 0 spiro atoms. The second kappa shape index (κ2) is 6.08. The molecular formula is C11H24N2O2. The van der Waals surface area contributed by atoms with E-state index in [1.165, 1.54) is 0 Å². The second-order valence-electron chi connectivity index (χ2n) is 4.71. The first-order valence-corrected chi connectivity index (χ1v) is 5.41. The summed E-state index contributed by atoms with van der Waals surface area (Å²) in [6.07, 6.45) is 0. The van der Waals surface area contributed by atoms with Crippen molar-refractivity contribution in [1.29, 1.82) is 0 Å². The number of carbonyl (C=O) groups is 1. The van der Waals surface area contributed by atoms with Gasteiger partial charge in [-0.15, -0.1) is 0 Å². The third-order valence-corrected chi connectivity index (χ3v) is 2.52. The highest BCUT2D eigenvalue weighted by Crippen LogP contribution is 2.15. The van der Waals surface area contributed by atoms with Crippen LogP contribution in [0.1, 0.15) is 27.7 Å². The van der Waals surface area contributed by atoms with Crippen molar-refractivity contribution in [3.05, 3.63) is 0 Å². The highest BCUT2D eigenvalue weighted by atomic mass is 16.5. The highest BCUT2D eigenvalue weighted by molar-refractivity contribution is 5.75. The Labute approximate surface area is 92.8 Å². The topological polar surface area (TPSA) is 55.6 Å². The van der Waals surface area contributed by atoms with E-state index in [-0.39, 0.29) is 17.4 Å². The molecule has 15 heavy (non-hydrogen) atoms. The number of likely N-dealkylation sites (N-methyl/N-ethyl adjacent to an activating group) is 1. The van der Waals surface area contributed by atoms with E-state index in [0.717, 1.165) is 6.54 Å². The van der Waals surface area contributed by atoms with Crippen molar-refractivity contribution in [1.82, 2.24) is 4.90 Å². The molecule has 2 N–H and O–H groups in total. The first-order chi connectivity index (χ1) is 6.84. The predicted molar refractivity (Wildman–Crippen MR) is 61.6 cm³/mol. The number of esters is 1. The molecule has 0 aliphatic rings. The lowest BCUT2D eigenvalue weighted by Gasteiger charge is -2.31. The molecule has 4 heteroatoms. The summed E-state index contributed by atoms with van der Waals surface area (Å²) in [5.41, 5.74) is 5.67. The van der Waals surface area contributed by atoms with Crippen molar-refractivity contribution in [3.8, 4) is 0 Å². The van der Waals surface area contributed by atoms with Gasteiger partial charge in [0.2, 0.25) is 0 Å². The molecule has 0 aromatic carbocycles. The summed E-state index contributed by atoms with van der Waals surface area (Å²) < 4.78 is 4.96. The maximum absolute atomic E-state index is 11.5. The van der Waals surface area contributed by atoms with Gasteiger partial charge in [0.05, 0.1) is 6.61 Å². The average molecular weight is 216 g/mol. The molecule has 90 valence electrons. The molecule has 0 rings (SSSR count). The van der Waals surface area contributed by atoms with Gasteiger partial charge >= 0.3 is 5.97 Å². The van der Waals surface area contributed by atoms with Crippen LogP contribution in [0, 0.1) is 5.41 Å². The number of nitrogens with two attached hydrogens (primary N) is 1. The first kappa shape index (κ1) is 14.4. The summed E-state index contributed by atoms with van der Waals surface area (Å²) in [7, 11) is 1.92. The smallest absolute Gasteiger partial charge is 0.323 e. The minimum absolute atomic E-state index is 0.0233. The SMILES string of the molecule is CCOC(=O)C(C)N(C)CC(C)(C)CN. The Morgan fingerprint density at radius 2 is 2.07 bits per heavy atom. The molecule has 1 atom stereocenters. The minimum atomic E-state index is -0.212. The van der Waals surface area contributed by atoms with Crippen LogP contribution in [0.5, 0.6) is 0 Å².